The van der Waals surface area contributed by atoms with Crippen LogP contribution in [0, 0.1) is 0 Å². The lowest BCUT2D eigenvalue weighted by molar-refractivity contribution is -0.137. The van der Waals surface area contributed by atoms with E-state index >= 15 is 0 Å². The average molecular weight is 272 g/mol. The Labute approximate surface area is 108 Å². The van der Waals surface area contributed by atoms with Gasteiger partial charge in [0.05, 0.1) is 16.6 Å². The van der Waals surface area contributed by atoms with Crippen LogP contribution in [0.15, 0.2) is 18.2 Å². The van der Waals surface area contributed by atoms with E-state index in [1.165, 1.54) is 6.07 Å². The molecular weight excluding hydrogens is 257 g/mol. The number of aliphatic hydroxyl groups is 1. The first-order chi connectivity index (χ1) is 8.71. The Morgan fingerprint density at radius 2 is 1.84 bits per heavy atom. The molecule has 0 amide bonds. The van der Waals surface area contributed by atoms with Crippen molar-refractivity contribution in [1.29, 1.82) is 0 Å². The summed E-state index contributed by atoms with van der Waals surface area (Å²) >= 11 is 0. The number of imidazole rings is 1. The van der Waals surface area contributed by atoms with Gasteiger partial charge in [-0.3, -0.25) is 0 Å². The van der Waals surface area contributed by atoms with Gasteiger partial charge in [-0.05, 0) is 39.0 Å². The smallest absolute Gasteiger partial charge is 0.385 e. The van der Waals surface area contributed by atoms with Crippen molar-refractivity contribution < 1.29 is 18.3 Å². The molecule has 1 N–H and O–H groups in total. The predicted molar refractivity (Wildman–Crippen MR) is 65.8 cm³/mol. The van der Waals surface area contributed by atoms with Gasteiger partial charge >= 0.3 is 6.18 Å². The zero-order valence-corrected chi connectivity index (χ0v) is 10.9. The number of rotatable bonds is 2. The van der Waals surface area contributed by atoms with Crippen LogP contribution in [0.2, 0.25) is 0 Å². The molecule has 1 atom stereocenters. The van der Waals surface area contributed by atoms with Gasteiger partial charge in [-0.2, -0.15) is 13.2 Å². The molecule has 1 aromatic carbocycles. The predicted octanol–water partition coefficient (Wildman–Crippen LogP) is 3.69. The number of halogens is 3. The average Bonchev–Trinajstić information content (AvgIpc) is 2.65. The second-order valence-electron chi connectivity index (χ2n) is 4.81. The van der Waals surface area contributed by atoms with Crippen LogP contribution in [0.4, 0.5) is 13.2 Å². The highest BCUT2D eigenvalue weighted by Crippen LogP contribution is 2.33. The van der Waals surface area contributed by atoms with Crippen molar-refractivity contribution >= 4 is 11.0 Å². The molecular formula is C13H15F3N2O. The van der Waals surface area contributed by atoms with Crippen LogP contribution in [0.3, 0.4) is 0 Å². The number of alkyl halides is 3. The molecule has 0 spiro atoms. The first-order valence-electron chi connectivity index (χ1n) is 5.99. The van der Waals surface area contributed by atoms with Gasteiger partial charge in [-0.15, -0.1) is 0 Å². The topological polar surface area (TPSA) is 38.0 Å². The number of hydrogen-bond donors (Lipinski definition) is 1. The summed E-state index contributed by atoms with van der Waals surface area (Å²) in [4.78, 5) is 4.12. The monoisotopic (exact) mass is 272 g/mol. The Kier molecular flexibility index (Phi) is 3.30. The molecule has 0 bridgehead atoms. The van der Waals surface area contributed by atoms with Crippen LogP contribution in [0.5, 0.6) is 0 Å². The lowest BCUT2D eigenvalue weighted by atomic mass is 10.2. The number of benzene rings is 1. The van der Waals surface area contributed by atoms with E-state index in [0.29, 0.717) is 11.3 Å². The summed E-state index contributed by atoms with van der Waals surface area (Å²) in [7, 11) is 0. The molecule has 1 aromatic heterocycles. The van der Waals surface area contributed by atoms with Gasteiger partial charge in [-0.1, -0.05) is 0 Å². The van der Waals surface area contributed by atoms with Gasteiger partial charge in [0.25, 0.3) is 0 Å². The summed E-state index contributed by atoms with van der Waals surface area (Å²) in [5.41, 5.74) is 0.115. The highest BCUT2D eigenvalue weighted by molar-refractivity contribution is 5.77. The fourth-order valence-corrected chi connectivity index (χ4v) is 2.13. The summed E-state index contributed by atoms with van der Waals surface area (Å²) in [5.74, 6) is 0.379. The molecule has 0 aliphatic heterocycles. The van der Waals surface area contributed by atoms with E-state index in [1.54, 1.807) is 11.5 Å². The quantitative estimate of drug-likeness (QED) is 0.905. The van der Waals surface area contributed by atoms with Crippen LogP contribution in [-0.4, -0.2) is 14.7 Å². The van der Waals surface area contributed by atoms with E-state index in [4.69, 9.17) is 0 Å². The normalized spacial score (nSPS) is 14.3. The number of fused-ring (bicyclic) bond motifs is 1. The van der Waals surface area contributed by atoms with Crippen molar-refractivity contribution in [2.24, 2.45) is 0 Å². The SMILES string of the molecule is CC(C)n1c([C@H](C)O)nc2cc(C(F)(F)F)ccc21. The van der Waals surface area contributed by atoms with Gasteiger partial charge in [0.2, 0.25) is 0 Å². The Hall–Kier alpha value is -1.56. The molecule has 0 aliphatic carbocycles. The van der Waals surface area contributed by atoms with Crippen LogP contribution < -0.4 is 0 Å². The fourth-order valence-electron chi connectivity index (χ4n) is 2.13. The third-order valence-electron chi connectivity index (χ3n) is 2.93. The van der Waals surface area contributed by atoms with Gasteiger partial charge < -0.3 is 9.67 Å². The summed E-state index contributed by atoms with van der Waals surface area (Å²) in [5, 5.41) is 9.68. The zero-order valence-electron chi connectivity index (χ0n) is 10.9. The zero-order chi connectivity index (χ0) is 14.4. The molecule has 2 aromatic rings. The largest absolute Gasteiger partial charge is 0.416 e. The highest BCUT2D eigenvalue weighted by atomic mass is 19.4. The fraction of sp³-hybridized carbons (Fsp3) is 0.462. The Morgan fingerprint density at radius 3 is 2.32 bits per heavy atom. The Balaban J connectivity index is 2.70. The minimum atomic E-state index is -4.39. The summed E-state index contributed by atoms with van der Waals surface area (Å²) in [6, 6.07) is 3.46. The van der Waals surface area contributed by atoms with Crippen molar-refractivity contribution in [3.8, 4) is 0 Å². The molecule has 0 saturated carbocycles. The highest BCUT2D eigenvalue weighted by Gasteiger charge is 2.31. The van der Waals surface area contributed by atoms with E-state index < -0.39 is 17.8 Å². The van der Waals surface area contributed by atoms with Crippen molar-refractivity contribution in [3.05, 3.63) is 29.6 Å². The van der Waals surface area contributed by atoms with Crippen molar-refractivity contribution in [1.82, 2.24) is 9.55 Å². The summed E-state index contributed by atoms with van der Waals surface area (Å²) in [6.07, 6.45) is -5.22. The molecule has 2 rings (SSSR count). The van der Waals surface area contributed by atoms with Gasteiger partial charge in [0.15, 0.2) is 0 Å². The minimum absolute atomic E-state index is 0.00587. The van der Waals surface area contributed by atoms with E-state index in [9.17, 15) is 18.3 Å². The second-order valence-corrected chi connectivity index (χ2v) is 4.81. The third kappa shape index (κ3) is 2.45. The van der Waals surface area contributed by atoms with Crippen LogP contribution in [-0.2, 0) is 6.18 Å². The van der Waals surface area contributed by atoms with Gasteiger partial charge in [0.1, 0.15) is 11.9 Å². The molecule has 3 nitrogen and oxygen atoms in total. The molecule has 1 heterocycles. The minimum Gasteiger partial charge on any atom is -0.385 e. The van der Waals surface area contributed by atoms with E-state index in [2.05, 4.69) is 4.98 Å². The van der Waals surface area contributed by atoms with Crippen LogP contribution >= 0.6 is 0 Å². The molecule has 0 radical (unpaired) electrons. The first-order valence-corrected chi connectivity index (χ1v) is 5.99. The number of aromatic nitrogens is 2. The lowest BCUT2D eigenvalue weighted by Gasteiger charge is -2.14. The Bertz CT molecular complexity index is 600. The van der Waals surface area contributed by atoms with Crippen molar-refractivity contribution in [3.63, 3.8) is 0 Å². The molecule has 0 aliphatic rings. The van der Waals surface area contributed by atoms with Crippen LogP contribution in [0.1, 0.15) is 44.3 Å². The maximum Gasteiger partial charge on any atom is 0.416 e. The number of hydrogen-bond acceptors (Lipinski definition) is 2. The van der Waals surface area contributed by atoms with E-state index in [0.717, 1.165) is 12.1 Å². The van der Waals surface area contributed by atoms with Crippen molar-refractivity contribution in [2.45, 2.75) is 39.1 Å². The molecule has 0 fully saturated rings. The molecule has 19 heavy (non-hydrogen) atoms. The van der Waals surface area contributed by atoms with Gasteiger partial charge in [0, 0.05) is 6.04 Å². The van der Waals surface area contributed by atoms with Gasteiger partial charge in [-0.25, -0.2) is 4.98 Å². The number of aliphatic hydroxyl groups excluding tert-OH is 1. The Morgan fingerprint density at radius 1 is 1.21 bits per heavy atom. The van der Waals surface area contributed by atoms with E-state index in [1.807, 2.05) is 13.8 Å². The van der Waals surface area contributed by atoms with Crippen molar-refractivity contribution in [2.75, 3.05) is 0 Å². The third-order valence-corrected chi connectivity index (χ3v) is 2.93. The molecule has 0 saturated heterocycles. The first kappa shape index (κ1) is 13.9. The summed E-state index contributed by atoms with van der Waals surface area (Å²) in [6.45, 7) is 5.33. The second kappa shape index (κ2) is 4.52. The maximum atomic E-state index is 12.7. The molecule has 104 valence electrons. The summed E-state index contributed by atoms with van der Waals surface area (Å²) < 4.78 is 39.7. The van der Waals surface area contributed by atoms with E-state index in [-0.39, 0.29) is 11.6 Å². The molecule has 6 heteroatoms. The van der Waals surface area contributed by atoms with Crippen LogP contribution in [0.25, 0.3) is 11.0 Å². The molecule has 0 unspecified atom stereocenters. The lowest BCUT2D eigenvalue weighted by Crippen LogP contribution is -2.09. The number of nitrogens with zero attached hydrogens (tertiary/aromatic N) is 2. The standard InChI is InChI=1S/C13H15F3N2O/c1-7(2)18-11-5-4-9(13(14,15)16)6-10(11)17-12(18)8(3)19/h4-8,19H,1-3H3/t8-/m0/s1. The maximum absolute atomic E-state index is 12.7.